The maximum absolute atomic E-state index is 12.0. The molecule has 3 heterocycles. The van der Waals surface area contributed by atoms with Crippen LogP contribution in [0.2, 0.25) is 0 Å². The van der Waals surface area contributed by atoms with E-state index in [1.165, 1.54) is 11.9 Å². The van der Waals surface area contributed by atoms with Gasteiger partial charge < -0.3 is 20.2 Å². The van der Waals surface area contributed by atoms with Crippen molar-refractivity contribution in [3.63, 3.8) is 0 Å². The third kappa shape index (κ3) is 3.80. The first-order valence-electron chi connectivity index (χ1n) is 10.1. The number of anilines is 3. The molecular formula is C23H21N5O3. The molecule has 0 atom stereocenters. The van der Waals surface area contributed by atoms with Gasteiger partial charge in [0.1, 0.15) is 5.82 Å². The molecule has 1 aliphatic rings. The second-order valence-electron chi connectivity index (χ2n) is 7.28. The lowest BCUT2D eigenvalue weighted by Crippen LogP contribution is -2.36. The Morgan fingerprint density at radius 2 is 1.77 bits per heavy atom. The fraction of sp³-hybridized carbons (Fsp3) is 0.174. The van der Waals surface area contributed by atoms with Crippen LogP contribution in [0.5, 0.6) is 0 Å². The summed E-state index contributed by atoms with van der Waals surface area (Å²) in [7, 11) is 0. The number of nitrogens with one attached hydrogen (secondary N) is 1. The second-order valence-corrected chi connectivity index (χ2v) is 7.28. The average Bonchev–Trinajstić information content (AvgIpc) is 2.83. The third-order valence-electron chi connectivity index (χ3n) is 5.33. The molecule has 2 aromatic carbocycles. The van der Waals surface area contributed by atoms with Crippen molar-refractivity contribution in [2.45, 2.75) is 0 Å². The van der Waals surface area contributed by atoms with Gasteiger partial charge in [-0.25, -0.2) is 9.78 Å². The zero-order valence-corrected chi connectivity index (χ0v) is 16.7. The minimum absolute atomic E-state index is 0.154. The molecule has 0 saturated carbocycles. The number of benzene rings is 2. The van der Waals surface area contributed by atoms with Gasteiger partial charge in [0.05, 0.1) is 18.6 Å². The molecule has 5 rings (SSSR count). The highest BCUT2D eigenvalue weighted by Crippen LogP contribution is 2.28. The summed E-state index contributed by atoms with van der Waals surface area (Å²) in [6.07, 6.45) is 1.51. The summed E-state index contributed by atoms with van der Waals surface area (Å²) in [5.74, 6) is 0.348. The highest BCUT2D eigenvalue weighted by Gasteiger charge is 2.13. The van der Waals surface area contributed by atoms with E-state index in [0.29, 0.717) is 15.9 Å². The molecular weight excluding hydrogens is 394 g/mol. The van der Waals surface area contributed by atoms with Crippen LogP contribution in [0.1, 0.15) is 0 Å². The van der Waals surface area contributed by atoms with Gasteiger partial charge in [-0.2, -0.15) is 4.98 Å². The van der Waals surface area contributed by atoms with Gasteiger partial charge in [-0.3, -0.25) is 0 Å². The highest BCUT2D eigenvalue weighted by molar-refractivity contribution is 5.88. The lowest BCUT2D eigenvalue weighted by molar-refractivity contribution is 0.122. The summed E-state index contributed by atoms with van der Waals surface area (Å²) in [6.45, 7) is 3.30. The minimum Gasteiger partial charge on any atom is -0.422 e. The van der Waals surface area contributed by atoms with Gasteiger partial charge in [0, 0.05) is 30.7 Å². The summed E-state index contributed by atoms with van der Waals surface area (Å²) >= 11 is 0. The summed E-state index contributed by atoms with van der Waals surface area (Å²) in [5, 5.41) is 13.6. The minimum atomic E-state index is -0.787. The number of morpholine rings is 1. The van der Waals surface area contributed by atoms with Gasteiger partial charge in [0.15, 0.2) is 5.65 Å². The summed E-state index contributed by atoms with van der Waals surface area (Å²) in [5.41, 5.74) is 3.56. The van der Waals surface area contributed by atoms with Gasteiger partial charge in [0.2, 0.25) is 0 Å². The van der Waals surface area contributed by atoms with Crippen LogP contribution >= 0.6 is 0 Å². The molecule has 1 aliphatic heterocycles. The Hall–Kier alpha value is -3.91. The number of pyridine rings is 1. The van der Waals surface area contributed by atoms with E-state index < -0.39 is 5.69 Å². The van der Waals surface area contributed by atoms with Crippen molar-refractivity contribution < 1.29 is 9.94 Å². The van der Waals surface area contributed by atoms with Crippen LogP contribution in [0.25, 0.3) is 22.2 Å². The number of fused-ring (bicyclic) bond motifs is 1. The molecule has 1 saturated heterocycles. The molecule has 8 heteroatoms. The molecule has 0 amide bonds. The zero-order chi connectivity index (χ0) is 21.2. The maximum atomic E-state index is 12.0. The number of hydrogen-bond donors (Lipinski definition) is 2. The standard InChI is InChI=1S/C23H21N5O3/c29-23-26-21(20-5-2-10-24-22(20)28(23)30)25-18-8-6-16(7-9-18)17-3-1-4-19(15-17)27-11-13-31-14-12-27/h1-10,15,30H,11-14H2,(H,25,26,29). The van der Waals surface area contributed by atoms with Crippen LogP contribution in [-0.4, -0.2) is 46.2 Å². The van der Waals surface area contributed by atoms with Gasteiger partial charge in [0.25, 0.3) is 0 Å². The molecule has 4 aromatic rings. The predicted octanol–water partition coefficient (Wildman–Crippen LogP) is 3.28. The average molecular weight is 415 g/mol. The number of nitrogens with zero attached hydrogens (tertiary/aromatic N) is 4. The predicted molar refractivity (Wildman–Crippen MR) is 119 cm³/mol. The van der Waals surface area contributed by atoms with Crippen LogP contribution in [0, 0.1) is 0 Å². The van der Waals surface area contributed by atoms with E-state index in [1.807, 2.05) is 24.3 Å². The van der Waals surface area contributed by atoms with Crippen LogP contribution in [0.15, 0.2) is 71.7 Å². The number of hydrogen-bond acceptors (Lipinski definition) is 7. The Morgan fingerprint density at radius 3 is 2.58 bits per heavy atom. The molecule has 31 heavy (non-hydrogen) atoms. The largest absolute Gasteiger partial charge is 0.422 e. The molecule has 2 N–H and O–H groups in total. The maximum Gasteiger partial charge on any atom is 0.384 e. The zero-order valence-electron chi connectivity index (χ0n) is 16.7. The molecule has 1 fully saturated rings. The number of rotatable bonds is 4. The topological polar surface area (TPSA) is 92.5 Å². The number of ether oxygens (including phenoxy) is 1. The van der Waals surface area contributed by atoms with E-state index in [2.05, 4.69) is 44.5 Å². The Bertz CT molecular complexity index is 1280. The third-order valence-corrected chi connectivity index (χ3v) is 5.33. The van der Waals surface area contributed by atoms with Crippen molar-refractivity contribution in [1.29, 1.82) is 0 Å². The van der Waals surface area contributed by atoms with E-state index in [1.54, 1.807) is 12.1 Å². The second kappa shape index (κ2) is 8.08. The van der Waals surface area contributed by atoms with Crippen molar-refractivity contribution in [2.24, 2.45) is 0 Å². The highest BCUT2D eigenvalue weighted by atomic mass is 16.5. The fourth-order valence-electron chi connectivity index (χ4n) is 3.73. The van der Waals surface area contributed by atoms with Crippen molar-refractivity contribution in [2.75, 3.05) is 36.5 Å². The smallest absolute Gasteiger partial charge is 0.384 e. The monoisotopic (exact) mass is 415 g/mol. The van der Waals surface area contributed by atoms with E-state index in [9.17, 15) is 10.0 Å². The first-order chi connectivity index (χ1) is 15.2. The summed E-state index contributed by atoms with van der Waals surface area (Å²) in [6, 6.07) is 19.9. The van der Waals surface area contributed by atoms with Crippen LogP contribution < -0.4 is 15.9 Å². The lowest BCUT2D eigenvalue weighted by Gasteiger charge is -2.29. The van der Waals surface area contributed by atoms with Crippen molar-refractivity contribution in [3.8, 4) is 11.1 Å². The van der Waals surface area contributed by atoms with E-state index in [4.69, 9.17) is 4.74 Å². The van der Waals surface area contributed by atoms with Crippen LogP contribution in [-0.2, 0) is 4.74 Å². The van der Waals surface area contributed by atoms with Crippen molar-refractivity contribution >= 4 is 28.2 Å². The van der Waals surface area contributed by atoms with Crippen LogP contribution in [0.4, 0.5) is 17.2 Å². The first-order valence-corrected chi connectivity index (χ1v) is 10.1. The molecule has 156 valence electrons. The van der Waals surface area contributed by atoms with Gasteiger partial charge in [-0.1, -0.05) is 24.3 Å². The molecule has 0 spiro atoms. The van der Waals surface area contributed by atoms with Crippen LogP contribution in [0.3, 0.4) is 0 Å². The van der Waals surface area contributed by atoms with E-state index in [-0.39, 0.29) is 5.65 Å². The van der Waals surface area contributed by atoms with Crippen molar-refractivity contribution in [3.05, 3.63) is 77.3 Å². The first kappa shape index (κ1) is 19.1. The Labute approximate surface area is 178 Å². The summed E-state index contributed by atoms with van der Waals surface area (Å²) < 4.78 is 5.90. The molecule has 0 radical (unpaired) electrons. The van der Waals surface area contributed by atoms with Gasteiger partial charge >= 0.3 is 5.69 Å². The molecule has 2 aromatic heterocycles. The molecule has 0 unspecified atom stereocenters. The molecule has 0 aliphatic carbocycles. The quantitative estimate of drug-likeness (QED) is 0.494. The van der Waals surface area contributed by atoms with E-state index >= 15 is 0 Å². The Morgan fingerprint density at radius 1 is 0.968 bits per heavy atom. The van der Waals surface area contributed by atoms with Gasteiger partial charge in [-0.15, -0.1) is 4.73 Å². The number of aromatic nitrogens is 3. The van der Waals surface area contributed by atoms with Crippen molar-refractivity contribution in [1.82, 2.24) is 14.7 Å². The summed E-state index contributed by atoms with van der Waals surface area (Å²) in [4.78, 5) is 22.3. The molecule has 0 bridgehead atoms. The Balaban J connectivity index is 1.41. The van der Waals surface area contributed by atoms with Gasteiger partial charge in [-0.05, 0) is 47.5 Å². The normalized spacial score (nSPS) is 14.0. The molecule has 8 nitrogen and oxygen atoms in total. The SMILES string of the molecule is O=c1nc(Nc2ccc(-c3cccc(N4CCOCC4)c3)cc2)c2cccnc2n1O. The lowest BCUT2D eigenvalue weighted by atomic mass is 10.0. The van der Waals surface area contributed by atoms with E-state index in [0.717, 1.165) is 43.1 Å². The fourth-order valence-corrected chi connectivity index (χ4v) is 3.73. The Kier molecular flexibility index (Phi) is 4.97.